The standard InChI is InChI=1S/C15H28N2O2S/c1-7-8-16-11(14(18-5)19-6)9-13-17-12(10-20-13)15(2,3)4/h10-11,14,16H,7-9H2,1-6H3. The number of thiazole rings is 1. The predicted octanol–water partition coefficient (Wildman–Crippen LogP) is 2.97. The molecule has 0 aromatic carbocycles. The van der Waals surface area contributed by atoms with Crippen LogP contribution in [-0.2, 0) is 21.3 Å². The maximum atomic E-state index is 5.40. The molecule has 5 heteroatoms. The van der Waals surface area contributed by atoms with Crippen LogP contribution >= 0.6 is 11.3 Å². The average Bonchev–Trinajstić information content (AvgIpc) is 2.85. The molecule has 0 fully saturated rings. The Morgan fingerprint density at radius 1 is 1.30 bits per heavy atom. The van der Waals surface area contributed by atoms with Crippen LogP contribution in [0, 0.1) is 0 Å². The van der Waals surface area contributed by atoms with Crippen LogP contribution in [-0.4, -0.2) is 38.1 Å². The van der Waals surface area contributed by atoms with E-state index in [0.29, 0.717) is 0 Å². The molecule has 0 aliphatic carbocycles. The van der Waals surface area contributed by atoms with Crippen LogP contribution < -0.4 is 5.32 Å². The Labute approximate surface area is 126 Å². The van der Waals surface area contributed by atoms with Crippen molar-refractivity contribution in [2.45, 2.75) is 58.3 Å². The van der Waals surface area contributed by atoms with E-state index < -0.39 is 0 Å². The quantitative estimate of drug-likeness (QED) is 0.750. The van der Waals surface area contributed by atoms with Gasteiger partial charge in [-0.1, -0.05) is 27.7 Å². The molecule has 0 aliphatic heterocycles. The molecule has 1 unspecified atom stereocenters. The number of ether oxygens (including phenoxy) is 2. The average molecular weight is 300 g/mol. The predicted molar refractivity (Wildman–Crippen MR) is 84.4 cm³/mol. The minimum Gasteiger partial charge on any atom is -0.354 e. The molecule has 0 spiro atoms. The summed E-state index contributed by atoms with van der Waals surface area (Å²) in [6.07, 6.45) is 1.66. The Balaban J connectivity index is 2.75. The summed E-state index contributed by atoms with van der Waals surface area (Å²) < 4.78 is 10.8. The van der Waals surface area contributed by atoms with E-state index >= 15 is 0 Å². The smallest absolute Gasteiger partial charge is 0.172 e. The highest BCUT2D eigenvalue weighted by Gasteiger charge is 2.23. The highest BCUT2D eigenvalue weighted by atomic mass is 32.1. The summed E-state index contributed by atoms with van der Waals surface area (Å²) in [7, 11) is 3.36. The van der Waals surface area contributed by atoms with Crippen molar-refractivity contribution in [3.05, 3.63) is 16.1 Å². The number of hydrogen-bond donors (Lipinski definition) is 1. The Bertz CT molecular complexity index is 383. The lowest BCUT2D eigenvalue weighted by Gasteiger charge is -2.25. The van der Waals surface area contributed by atoms with Gasteiger partial charge >= 0.3 is 0 Å². The second kappa shape index (κ2) is 8.08. The van der Waals surface area contributed by atoms with Gasteiger partial charge in [0.15, 0.2) is 6.29 Å². The van der Waals surface area contributed by atoms with Gasteiger partial charge in [0, 0.05) is 31.4 Å². The third-order valence-electron chi connectivity index (χ3n) is 3.16. The van der Waals surface area contributed by atoms with E-state index in [1.54, 1.807) is 25.6 Å². The van der Waals surface area contributed by atoms with Crippen molar-refractivity contribution in [3.8, 4) is 0 Å². The van der Waals surface area contributed by atoms with Crippen LogP contribution in [0.5, 0.6) is 0 Å². The maximum absolute atomic E-state index is 5.40. The van der Waals surface area contributed by atoms with Crippen molar-refractivity contribution in [3.63, 3.8) is 0 Å². The molecule has 1 rings (SSSR count). The largest absolute Gasteiger partial charge is 0.354 e. The number of nitrogens with zero attached hydrogens (tertiary/aromatic N) is 1. The molecule has 1 atom stereocenters. The van der Waals surface area contributed by atoms with Crippen molar-refractivity contribution >= 4 is 11.3 Å². The van der Waals surface area contributed by atoms with Crippen LogP contribution in [0.3, 0.4) is 0 Å². The molecule has 0 bridgehead atoms. The van der Waals surface area contributed by atoms with E-state index in [9.17, 15) is 0 Å². The molecule has 0 radical (unpaired) electrons. The van der Waals surface area contributed by atoms with Crippen LogP contribution in [0.2, 0.25) is 0 Å². The second-order valence-corrected chi connectivity index (χ2v) is 6.92. The topological polar surface area (TPSA) is 43.4 Å². The minimum absolute atomic E-state index is 0.100. The molecule has 116 valence electrons. The lowest BCUT2D eigenvalue weighted by atomic mass is 9.93. The Kier molecular flexibility index (Phi) is 7.09. The van der Waals surface area contributed by atoms with Gasteiger partial charge in [0.2, 0.25) is 0 Å². The van der Waals surface area contributed by atoms with E-state index in [2.05, 4.69) is 38.4 Å². The minimum atomic E-state index is -0.247. The van der Waals surface area contributed by atoms with Crippen LogP contribution in [0.4, 0.5) is 0 Å². The molecular formula is C15H28N2O2S. The zero-order chi connectivity index (χ0) is 15.2. The highest BCUT2D eigenvalue weighted by molar-refractivity contribution is 7.09. The summed E-state index contributed by atoms with van der Waals surface area (Å²) in [6.45, 7) is 9.66. The van der Waals surface area contributed by atoms with Gasteiger partial charge in [-0.25, -0.2) is 4.98 Å². The molecule has 0 saturated heterocycles. The van der Waals surface area contributed by atoms with Gasteiger partial charge in [0.1, 0.15) is 0 Å². The fraction of sp³-hybridized carbons (Fsp3) is 0.800. The zero-order valence-corrected chi connectivity index (χ0v) is 14.3. The first-order valence-corrected chi connectivity index (χ1v) is 8.04. The number of methoxy groups -OCH3 is 2. The van der Waals surface area contributed by atoms with Gasteiger partial charge < -0.3 is 14.8 Å². The summed E-state index contributed by atoms with van der Waals surface area (Å²) in [5.41, 5.74) is 1.25. The number of nitrogens with one attached hydrogen (secondary N) is 1. The molecule has 0 aliphatic rings. The summed E-state index contributed by atoms with van der Waals surface area (Å²) >= 11 is 1.71. The first-order chi connectivity index (χ1) is 9.42. The number of rotatable bonds is 8. The first-order valence-electron chi connectivity index (χ1n) is 7.16. The molecule has 1 N–H and O–H groups in total. The SMILES string of the molecule is CCCNC(Cc1nc(C(C)(C)C)cs1)C(OC)OC. The van der Waals surface area contributed by atoms with Crippen molar-refractivity contribution in [2.75, 3.05) is 20.8 Å². The highest BCUT2D eigenvalue weighted by Crippen LogP contribution is 2.24. The zero-order valence-electron chi connectivity index (χ0n) is 13.5. The Hall–Kier alpha value is -0.490. The Morgan fingerprint density at radius 2 is 1.95 bits per heavy atom. The fourth-order valence-electron chi connectivity index (χ4n) is 1.96. The van der Waals surface area contributed by atoms with Gasteiger partial charge in [-0.05, 0) is 13.0 Å². The summed E-state index contributed by atoms with van der Waals surface area (Å²) in [6, 6.07) is 0.129. The lowest BCUT2D eigenvalue weighted by molar-refractivity contribution is -0.122. The fourth-order valence-corrected chi connectivity index (χ4v) is 3.04. The Morgan fingerprint density at radius 3 is 2.40 bits per heavy atom. The maximum Gasteiger partial charge on any atom is 0.172 e. The van der Waals surface area contributed by atoms with E-state index in [4.69, 9.17) is 14.5 Å². The molecule has 20 heavy (non-hydrogen) atoms. The third kappa shape index (κ3) is 5.13. The van der Waals surface area contributed by atoms with Crippen molar-refractivity contribution in [2.24, 2.45) is 0 Å². The monoisotopic (exact) mass is 300 g/mol. The molecular weight excluding hydrogens is 272 g/mol. The lowest BCUT2D eigenvalue weighted by Crippen LogP contribution is -2.44. The molecule has 0 saturated carbocycles. The second-order valence-electron chi connectivity index (χ2n) is 5.98. The molecule has 1 aromatic heterocycles. The van der Waals surface area contributed by atoms with Gasteiger partial charge in [0.25, 0.3) is 0 Å². The van der Waals surface area contributed by atoms with Crippen molar-refractivity contribution in [1.82, 2.24) is 10.3 Å². The molecule has 1 aromatic rings. The van der Waals surface area contributed by atoms with E-state index in [0.717, 1.165) is 30.1 Å². The molecule has 0 amide bonds. The third-order valence-corrected chi connectivity index (χ3v) is 4.04. The van der Waals surface area contributed by atoms with Gasteiger partial charge in [0.05, 0.1) is 16.7 Å². The van der Waals surface area contributed by atoms with Gasteiger partial charge in [-0.2, -0.15) is 0 Å². The van der Waals surface area contributed by atoms with Crippen molar-refractivity contribution < 1.29 is 9.47 Å². The normalized spacial score (nSPS) is 13.9. The van der Waals surface area contributed by atoms with Crippen LogP contribution in [0.25, 0.3) is 0 Å². The first kappa shape index (κ1) is 17.6. The van der Waals surface area contributed by atoms with E-state index in [1.807, 2.05) is 0 Å². The number of aromatic nitrogens is 1. The summed E-state index contributed by atoms with van der Waals surface area (Å²) in [5, 5.41) is 6.77. The van der Waals surface area contributed by atoms with E-state index in [1.165, 1.54) is 0 Å². The van der Waals surface area contributed by atoms with Crippen LogP contribution in [0.15, 0.2) is 5.38 Å². The summed E-state index contributed by atoms with van der Waals surface area (Å²) in [5.74, 6) is 0. The number of hydrogen-bond acceptors (Lipinski definition) is 5. The van der Waals surface area contributed by atoms with Crippen LogP contribution in [0.1, 0.15) is 44.8 Å². The molecule has 4 nitrogen and oxygen atoms in total. The summed E-state index contributed by atoms with van der Waals surface area (Å²) in [4.78, 5) is 4.75. The van der Waals surface area contributed by atoms with E-state index in [-0.39, 0.29) is 17.7 Å². The molecule has 1 heterocycles. The van der Waals surface area contributed by atoms with Gasteiger partial charge in [-0.15, -0.1) is 11.3 Å². The van der Waals surface area contributed by atoms with Crippen molar-refractivity contribution in [1.29, 1.82) is 0 Å². The van der Waals surface area contributed by atoms with Gasteiger partial charge in [-0.3, -0.25) is 0 Å².